The van der Waals surface area contributed by atoms with Crippen molar-refractivity contribution in [3.63, 3.8) is 0 Å². The van der Waals surface area contributed by atoms with Gasteiger partial charge in [-0.1, -0.05) is 19.1 Å². The summed E-state index contributed by atoms with van der Waals surface area (Å²) < 4.78 is 15.4. The molecule has 2 rings (SSSR count). The number of rotatable bonds is 6. The minimum absolute atomic E-state index is 0. The third-order valence-electron chi connectivity index (χ3n) is 3.54. The molecule has 134 valence electrons. The fourth-order valence-corrected chi connectivity index (χ4v) is 2.32. The van der Waals surface area contributed by atoms with Gasteiger partial charge < -0.3 is 15.2 Å². The Bertz CT molecular complexity index is 651. The molecule has 1 aromatic heterocycles. The largest absolute Gasteiger partial charge is 0.342 e. The van der Waals surface area contributed by atoms with Crippen LogP contribution in [0.1, 0.15) is 24.4 Å². The number of aromatic nitrogens is 2. The van der Waals surface area contributed by atoms with Crippen molar-refractivity contribution in [2.45, 2.75) is 13.0 Å². The summed E-state index contributed by atoms with van der Waals surface area (Å²) in [5, 5.41) is 5.93. The van der Waals surface area contributed by atoms with Crippen molar-refractivity contribution in [2.24, 2.45) is 13.0 Å². The molecule has 5 nitrogen and oxygen atoms in total. The molecule has 0 aliphatic carbocycles. The van der Waals surface area contributed by atoms with Crippen molar-refractivity contribution in [3.05, 3.63) is 53.9 Å². The normalized spacial score (nSPS) is 12.5. The van der Waals surface area contributed by atoms with Gasteiger partial charge in [-0.25, -0.2) is 9.37 Å². The molecule has 0 saturated carbocycles. The van der Waals surface area contributed by atoms with Crippen molar-refractivity contribution in [1.29, 1.82) is 0 Å². The van der Waals surface area contributed by atoms with E-state index in [-0.39, 0.29) is 42.5 Å². The Morgan fingerprint density at radius 3 is 2.62 bits per heavy atom. The van der Waals surface area contributed by atoms with Gasteiger partial charge in [-0.2, -0.15) is 0 Å². The number of benzene rings is 1. The molecule has 0 aliphatic rings. The highest BCUT2D eigenvalue weighted by Crippen LogP contribution is 2.21. The van der Waals surface area contributed by atoms with Crippen molar-refractivity contribution in [1.82, 2.24) is 20.2 Å². The van der Waals surface area contributed by atoms with E-state index in [2.05, 4.69) is 15.6 Å². The predicted molar refractivity (Wildman–Crippen MR) is 97.2 cm³/mol. The van der Waals surface area contributed by atoms with Gasteiger partial charge in [0.1, 0.15) is 17.7 Å². The van der Waals surface area contributed by atoms with Crippen LogP contribution in [-0.2, 0) is 11.8 Å². The van der Waals surface area contributed by atoms with Crippen LogP contribution in [0.25, 0.3) is 0 Å². The van der Waals surface area contributed by atoms with Crippen LogP contribution in [0.4, 0.5) is 4.39 Å². The van der Waals surface area contributed by atoms with E-state index in [4.69, 9.17) is 0 Å². The summed E-state index contributed by atoms with van der Waals surface area (Å²) in [5.41, 5.74) is 0.666. The molecular formula is C16H23Cl2FN4O. The Morgan fingerprint density at radius 2 is 2.08 bits per heavy atom. The van der Waals surface area contributed by atoms with Crippen LogP contribution in [0.3, 0.4) is 0 Å². The Labute approximate surface area is 153 Å². The van der Waals surface area contributed by atoms with E-state index < -0.39 is 6.04 Å². The molecule has 0 aliphatic heterocycles. The van der Waals surface area contributed by atoms with Crippen LogP contribution in [0, 0.1) is 11.7 Å². The summed E-state index contributed by atoms with van der Waals surface area (Å²) in [5.74, 6) is 0.0257. The number of carbonyl (C=O) groups excluding carboxylic acids is 1. The molecule has 2 unspecified atom stereocenters. The van der Waals surface area contributed by atoms with Gasteiger partial charge >= 0.3 is 0 Å². The van der Waals surface area contributed by atoms with Crippen LogP contribution >= 0.6 is 24.8 Å². The van der Waals surface area contributed by atoms with Gasteiger partial charge in [-0.3, -0.25) is 4.79 Å². The highest BCUT2D eigenvalue weighted by atomic mass is 35.5. The number of carbonyl (C=O) groups is 1. The number of amides is 1. The molecule has 2 atom stereocenters. The van der Waals surface area contributed by atoms with Gasteiger partial charge in [0.15, 0.2) is 0 Å². The third kappa shape index (κ3) is 5.47. The number of hydrogen-bond acceptors (Lipinski definition) is 3. The maximum atomic E-state index is 13.5. The average molecular weight is 377 g/mol. The van der Waals surface area contributed by atoms with E-state index in [1.54, 1.807) is 31.6 Å². The maximum absolute atomic E-state index is 13.5. The van der Waals surface area contributed by atoms with Gasteiger partial charge in [0.25, 0.3) is 0 Å². The van der Waals surface area contributed by atoms with E-state index in [0.717, 1.165) is 0 Å². The molecule has 0 bridgehead atoms. The lowest BCUT2D eigenvalue weighted by Gasteiger charge is -2.21. The van der Waals surface area contributed by atoms with E-state index >= 15 is 0 Å². The van der Waals surface area contributed by atoms with Crippen molar-refractivity contribution in [3.8, 4) is 0 Å². The standard InChI is InChI=1S/C16H21FN4O.2ClH/c1-11(10-18-2)16(22)20-14(15-19-7-8-21(15)3)12-5-4-6-13(17)9-12;;/h4-9,11,14,18H,10H2,1-3H3,(H,20,22);2*1H. The summed E-state index contributed by atoms with van der Waals surface area (Å²) in [7, 11) is 3.64. The molecule has 24 heavy (non-hydrogen) atoms. The van der Waals surface area contributed by atoms with Crippen LogP contribution in [-0.4, -0.2) is 29.1 Å². The molecule has 1 heterocycles. The molecular weight excluding hydrogens is 354 g/mol. The second kappa shape index (κ2) is 10.3. The molecule has 0 fully saturated rings. The van der Waals surface area contributed by atoms with Crippen LogP contribution in [0.5, 0.6) is 0 Å². The molecule has 2 aromatic rings. The smallest absolute Gasteiger partial charge is 0.224 e. The van der Waals surface area contributed by atoms with E-state index in [9.17, 15) is 9.18 Å². The fourth-order valence-electron chi connectivity index (χ4n) is 2.32. The number of nitrogens with one attached hydrogen (secondary N) is 2. The van der Waals surface area contributed by atoms with Gasteiger partial charge in [-0.15, -0.1) is 24.8 Å². The first kappa shape index (κ1) is 22.4. The Hall–Kier alpha value is -1.63. The van der Waals surface area contributed by atoms with Crippen LogP contribution in [0.15, 0.2) is 36.7 Å². The van der Waals surface area contributed by atoms with E-state index in [1.165, 1.54) is 12.1 Å². The lowest BCUT2D eigenvalue weighted by molar-refractivity contribution is -0.124. The first-order valence-corrected chi connectivity index (χ1v) is 7.20. The van der Waals surface area contributed by atoms with Gasteiger partial charge in [0.2, 0.25) is 5.91 Å². The molecule has 2 N–H and O–H groups in total. The molecule has 0 saturated heterocycles. The van der Waals surface area contributed by atoms with Crippen molar-refractivity contribution < 1.29 is 9.18 Å². The summed E-state index contributed by atoms with van der Waals surface area (Å²) in [6.45, 7) is 2.41. The SMILES string of the molecule is CNCC(C)C(=O)NC(c1cccc(F)c1)c1nccn1C.Cl.Cl. The van der Waals surface area contributed by atoms with Gasteiger partial charge in [-0.05, 0) is 24.7 Å². The number of halogens is 3. The Morgan fingerprint density at radius 1 is 1.38 bits per heavy atom. The van der Waals surface area contributed by atoms with E-state index in [1.807, 2.05) is 18.5 Å². The monoisotopic (exact) mass is 376 g/mol. The van der Waals surface area contributed by atoms with E-state index in [0.29, 0.717) is 17.9 Å². The van der Waals surface area contributed by atoms with Crippen molar-refractivity contribution in [2.75, 3.05) is 13.6 Å². The summed E-state index contributed by atoms with van der Waals surface area (Å²) >= 11 is 0. The van der Waals surface area contributed by atoms with Gasteiger partial charge in [0, 0.05) is 31.9 Å². The van der Waals surface area contributed by atoms with Crippen molar-refractivity contribution >= 4 is 30.7 Å². The first-order valence-electron chi connectivity index (χ1n) is 7.20. The Balaban J connectivity index is 0.00000264. The van der Waals surface area contributed by atoms with Crippen LogP contribution < -0.4 is 10.6 Å². The molecule has 1 amide bonds. The number of imidazole rings is 1. The number of aryl methyl sites for hydroxylation is 1. The van der Waals surface area contributed by atoms with Crippen LogP contribution in [0.2, 0.25) is 0 Å². The molecule has 0 spiro atoms. The number of nitrogens with zero attached hydrogens (tertiary/aromatic N) is 2. The minimum Gasteiger partial charge on any atom is -0.342 e. The zero-order valence-electron chi connectivity index (χ0n) is 13.8. The second-order valence-electron chi connectivity index (χ2n) is 5.35. The van der Waals surface area contributed by atoms with Gasteiger partial charge in [0.05, 0.1) is 0 Å². The first-order chi connectivity index (χ1) is 10.5. The summed E-state index contributed by atoms with van der Waals surface area (Å²) in [6.07, 6.45) is 3.45. The Kier molecular flexibility index (Phi) is 9.58. The second-order valence-corrected chi connectivity index (χ2v) is 5.35. The lowest BCUT2D eigenvalue weighted by atomic mass is 10.0. The number of hydrogen-bond donors (Lipinski definition) is 2. The fraction of sp³-hybridized carbons (Fsp3) is 0.375. The minimum atomic E-state index is -0.484. The molecule has 8 heteroatoms. The lowest BCUT2D eigenvalue weighted by Crippen LogP contribution is -2.38. The predicted octanol–water partition coefficient (Wildman–Crippen LogP) is 2.46. The topological polar surface area (TPSA) is 59.0 Å². The molecule has 0 radical (unpaired) electrons. The zero-order chi connectivity index (χ0) is 16.1. The summed E-state index contributed by atoms with van der Waals surface area (Å²) in [4.78, 5) is 16.6. The zero-order valence-corrected chi connectivity index (χ0v) is 15.5. The molecule has 1 aromatic carbocycles. The quantitative estimate of drug-likeness (QED) is 0.813. The highest BCUT2D eigenvalue weighted by Gasteiger charge is 2.23. The maximum Gasteiger partial charge on any atom is 0.224 e. The summed E-state index contributed by atoms with van der Waals surface area (Å²) in [6, 6.07) is 5.73. The average Bonchev–Trinajstić information content (AvgIpc) is 2.90. The highest BCUT2D eigenvalue weighted by molar-refractivity contribution is 5.85. The third-order valence-corrected chi connectivity index (χ3v) is 3.54.